The maximum atomic E-state index is 4.66. The summed E-state index contributed by atoms with van der Waals surface area (Å²) in [6.07, 6.45) is 0.849. The van der Waals surface area contributed by atoms with Crippen LogP contribution in [-0.2, 0) is 6.42 Å². The van der Waals surface area contributed by atoms with Gasteiger partial charge in [-0.2, -0.15) is 0 Å². The SMILES string of the molecule is CC(C)Cc1nc(-c2ccccc2)nc(-c2ccccc2)n1. The van der Waals surface area contributed by atoms with E-state index in [9.17, 15) is 0 Å². The van der Waals surface area contributed by atoms with Gasteiger partial charge in [0.1, 0.15) is 5.82 Å². The van der Waals surface area contributed by atoms with E-state index in [-0.39, 0.29) is 0 Å². The van der Waals surface area contributed by atoms with E-state index in [1.54, 1.807) is 0 Å². The maximum Gasteiger partial charge on any atom is 0.163 e. The molecule has 22 heavy (non-hydrogen) atoms. The lowest BCUT2D eigenvalue weighted by molar-refractivity contribution is 0.619. The topological polar surface area (TPSA) is 38.7 Å². The quantitative estimate of drug-likeness (QED) is 0.714. The summed E-state index contributed by atoms with van der Waals surface area (Å²) < 4.78 is 0. The van der Waals surface area contributed by atoms with Gasteiger partial charge >= 0.3 is 0 Å². The van der Waals surface area contributed by atoms with Gasteiger partial charge < -0.3 is 0 Å². The molecular weight excluding hydrogens is 270 g/mol. The fourth-order valence-electron chi connectivity index (χ4n) is 2.31. The van der Waals surface area contributed by atoms with E-state index in [0.29, 0.717) is 5.92 Å². The Hall–Kier alpha value is -2.55. The van der Waals surface area contributed by atoms with Crippen molar-refractivity contribution >= 4 is 0 Å². The van der Waals surface area contributed by atoms with E-state index in [1.807, 2.05) is 60.7 Å². The molecule has 3 heteroatoms. The molecule has 0 N–H and O–H groups in total. The van der Waals surface area contributed by atoms with E-state index in [0.717, 1.165) is 35.0 Å². The minimum Gasteiger partial charge on any atom is -0.213 e. The van der Waals surface area contributed by atoms with Crippen LogP contribution in [0.1, 0.15) is 19.7 Å². The highest BCUT2D eigenvalue weighted by Gasteiger charge is 2.11. The molecule has 0 atom stereocenters. The third kappa shape index (κ3) is 3.37. The second-order valence-electron chi connectivity index (χ2n) is 5.73. The molecule has 3 rings (SSSR count). The van der Waals surface area contributed by atoms with Crippen LogP contribution in [0.2, 0.25) is 0 Å². The summed E-state index contributed by atoms with van der Waals surface area (Å²) in [5.41, 5.74) is 2.04. The molecule has 1 aromatic heterocycles. The zero-order chi connectivity index (χ0) is 15.4. The predicted molar refractivity (Wildman–Crippen MR) is 89.2 cm³/mol. The van der Waals surface area contributed by atoms with Gasteiger partial charge in [0.15, 0.2) is 11.6 Å². The molecule has 0 aliphatic heterocycles. The van der Waals surface area contributed by atoms with Gasteiger partial charge in [-0.3, -0.25) is 0 Å². The molecule has 3 aromatic rings. The van der Waals surface area contributed by atoms with Gasteiger partial charge in [-0.1, -0.05) is 74.5 Å². The largest absolute Gasteiger partial charge is 0.213 e. The average molecular weight is 289 g/mol. The lowest BCUT2D eigenvalue weighted by Crippen LogP contribution is -2.06. The second-order valence-corrected chi connectivity index (χ2v) is 5.73. The van der Waals surface area contributed by atoms with Gasteiger partial charge in [-0.05, 0) is 5.92 Å². The highest BCUT2D eigenvalue weighted by molar-refractivity contribution is 5.60. The zero-order valence-electron chi connectivity index (χ0n) is 12.9. The molecule has 0 radical (unpaired) electrons. The molecule has 0 bridgehead atoms. The number of benzene rings is 2. The normalized spacial score (nSPS) is 10.9. The smallest absolute Gasteiger partial charge is 0.163 e. The van der Waals surface area contributed by atoms with Crippen LogP contribution < -0.4 is 0 Å². The van der Waals surface area contributed by atoms with Gasteiger partial charge in [0.25, 0.3) is 0 Å². The molecule has 2 aromatic carbocycles. The van der Waals surface area contributed by atoms with Gasteiger partial charge in [-0.25, -0.2) is 15.0 Å². The van der Waals surface area contributed by atoms with Crippen LogP contribution in [0.15, 0.2) is 60.7 Å². The van der Waals surface area contributed by atoms with E-state index in [1.165, 1.54) is 0 Å². The highest BCUT2D eigenvalue weighted by atomic mass is 15.0. The molecule has 1 heterocycles. The molecule has 110 valence electrons. The van der Waals surface area contributed by atoms with Crippen LogP contribution in [0.5, 0.6) is 0 Å². The Bertz CT molecular complexity index is 679. The van der Waals surface area contributed by atoms with Crippen LogP contribution >= 0.6 is 0 Å². The van der Waals surface area contributed by atoms with Crippen molar-refractivity contribution in [1.82, 2.24) is 15.0 Å². The third-order valence-electron chi connectivity index (χ3n) is 3.34. The molecule has 0 unspecified atom stereocenters. The maximum absolute atomic E-state index is 4.66. The van der Waals surface area contributed by atoms with Gasteiger partial charge in [-0.15, -0.1) is 0 Å². The number of rotatable bonds is 4. The van der Waals surface area contributed by atoms with Crippen molar-refractivity contribution < 1.29 is 0 Å². The van der Waals surface area contributed by atoms with Crippen molar-refractivity contribution in [2.75, 3.05) is 0 Å². The zero-order valence-corrected chi connectivity index (χ0v) is 12.9. The monoisotopic (exact) mass is 289 g/mol. The second kappa shape index (κ2) is 6.48. The summed E-state index contributed by atoms with van der Waals surface area (Å²) in [4.78, 5) is 14.0. The molecule has 0 spiro atoms. The first kappa shape index (κ1) is 14.4. The van der Waals surface area contributed by atoms with Crippen LogP contribution in [0.3, 0.4) is 0 Å². The minimum absolute atomic E-state index is 0.509. The summed E-state index contributed by atoms with van der Waals surface area (Å²) in [6, 6.07) is 20.1. The van der Waals surface area contributed by atoms with Crippen molar-refractivity contribution in [3.8, 4) is 22.8 Å². The van der Waals surface area contributed by atoms with E-state index in [2.05, 4.69) is 28.8 Å². The van der Waals surface area contributed by atoms with Crippen molar-refractivity contribution in [2.45, 2.75) is 20.3 Å². The molecule has 0 amide bonds. The summed E-state index contributed by atoms with van der Waals surface area (Å²) in [7, 11) is 0. The summed E-state index contributed by atoms with van der Waals surface area (Å²) >= 11 is 0. The molecule has 0 aliphatic rings. The molecule has 0 saturated carbocycles. The molecule has 0 aliphatic carbocycles. The van der Waals surface area contributed by atoms with Crippen molar-refractivity contribution in [3.63, 3.8) is 0 Å². The molecule has 0 saturated heterocycles. The fraction of sp³-hybridized carbons (Fsp3) is 0.211. The Balaban J connectivity index is 2.10. The first-order valence-electron chi connectivity index (χ1n) is 7.58. The Labute approximate surface area is 131 Å². The first-order valence-corrected chi connectivity index (χ1v) is 7.58. The average Bonchev–Trinajstić information content (AvgIpc) is 2.55. The lowest BCUT2D eigenvalue weighted by Gasteiger charge is -2.09. The number of nitrogens with zero attached hydrogens (tertiary/aromatic N) is 3. The summed E-state index contributed by atoms with van der Waals surface area (Å²) in [6.45, 7) is 4.35. The Morgan fingerprint density at radius 3 is 1.55 bits per heavy atom. The van der Waals surface area contributed by atoms with Crippen LogP contribution in [-0.4, -0.2) is 15.0 Å². The van der Waals surface area contributed by atoms with Crippen molar-refractivity contribution in [2.24, 2.45) is 5.92 Å². The number of hydrogen-bond donors (Lipinski definition) is 0. The fourth-order valence-corrected chi connectivity index (χ4v) is 2.31. The van der Waals surface area contributed by atoms with Crippen molar-refractivity contribution in [1.29, 1.82) is 0 Å². The molecule has 3 nitrogen and oxygen atoms in total. The van der Waals surface area contributed by atoms with Gasteiger partial charge in [0.2, 0.25) is 0 Å². The van der Waals surface area contributed by atoms with E-state index in [4.69, 9.17) is 0 Å². The lowest BCUT2D eigenvalue weighted by atomic mass is 10.1. The molecular formula is C19H19N3. The third-order valence-corrected chi connectivity index (χ3v) is 3.34. The van der Waals surface area contributed by atoms with Crippen molar-refractivity contribution in [3.05, 3.63) is 66.5 Å². The molecule has 0 fully saturated rings. The highest BCUT2D eigenvalue weighted by Crippen LogP contribution is 2.20. The number of hydrogen-bond acceptors (Lipinski definition) is 3. The van der Waals surface area contributed by atoms with Gasteiger partial charge in [0.05, 0.1) is 0 Å². The van der Waals surface area contributed by atoms with Gasteiger partial charge in [0, 0.05) is 17.5 Å². The Kier molecular flexibility index (Phi) is 4.24. The number of aromatic nitrogens is 3. The predicted octanol–water partition coefficient (Wildman–Crippen LogP) is 4.40. The van der Waals surface area contributed by atoms with Crippen LogP contribution in [0.25, 0.3) is 22.8 Å². The van der Waals surface area contributed by atoms with E-state index >= 15 is 0 Å². The minimum atomic E-state index is 0.509. The first-order chi connectivity index (χ1) is 10.7. The van der Waals surface area contributed by atoms with E-state index < -0.39 is 0 Å². The summed E-state index contributed by atoms with van der Waals surface area (Å²) in [5, 5.41) is 0. The Morgan fingerprint density at radius 1 is 0.682 bits per heavy atom. The Morgan fingerprint density at radius 2 is 1.14 bits per heavy atom. The summed E-state index contributed by atoms with van der Waals surface area (Å²) in [5.74, 6) is 2.84. The van der Waals surface area contributed by atoms with Crippen LogP contribution in [0.4, 0.5) is 0 Å². The standard InChI is InChI=1S/C19H19N3/c1-14(2)13-17-20-18(15-9-5-3-6-10-15)22-19(21-17)16-11-7-4-8-12-16/h3-12,14H,13H2,1-2H3. The van der Waals surface area contributed by atoms with Crippen LogP contribution in [0, 0.1) is 5.92 Å².